The molecule has 0 fully saturated rings. The Labute approximate surface area is 131 Å². The first kappa shape index (κ1) is 18.9. The molecule has 0 aliphatic carbocycles. The van der Waals surface area contributed by atoms with Gasteiger partial charge in [-0.25, -0.2) is 4.39 Å². The van der Waals surface area contributed by atoms with Crippen molar-refractivity contribution in [3.8, 4) is 0 Å². The maximum absolute atomic E-state index is 12.7. The SMILES string of the molecule is CN=C(NCCC(F)(F)F)NCc1ccc(F)cc1.I. The highest BCUT2D eigenvalue weighted by molar-refractivity contribution is 14.0. The van der Waals surface area contributed by atoms with Crippen LogP contribution in [-0.4, -0.2) is 25.7 Å². The minimum absolute atomic E-state index is 0. The molecule has 0 aromatic heterocycles. The molecule has 0 unspecified atom stereocenters. The Bertz CT molecular complexity index is 418. The van der Waals surface area contributed by atoms with Gasteiger partial charge in [0, 0.05) is 20.1 Å². The van der Waals surface area contributed by atoms with Gasteiger partial charge in [0.25, 0.3) is 0 Å². The second-order valence-corrected chi connectivity index (χ2v) is 3.84. The van der Waals surface area contributed by atoms with Crippen molar-refractivity contribution < 1.29 is 17.6 Å². The van der Waals surface area contributed by atoms with Gasteiger partial charge in [0.05, 0.1) is 6.42 Å². The summed E-state index contributed by atoms with van der Waals surface area (Å²) in [7, 11) is 1.47. The molecule has 0 aliphatic rings. The zero-order valence-corrected chi connectivity index (χ0v) is 13.1. The van der Waals surface area contributed by atoms with E-state index in [4.69, 9.17) is 0 Å². The van der Waals surface area contributed by atoms with E-state index in [2.05, 4.69) is 15.6 Å². The number of nitrogens with one attached hydrogen (secondary N) is 2. The van der Waals surface area contributed by atoms with Gasteiger partial charge < -0.3 is 10.6 Å². The van der Waals surface area contributed by atoms with Gasteiger partial charge in [0.1, 0.15) is 5.82 Å². The molecular weight excluding hydrogens is 389 g/mol. The highest BCUT2D eigenvalue weighted by Gasteiger charge is 2.26. The molecule has 0 saturated carbocycles. The van der Waals surface area contributed by atoms with E-state index in [-0.39, 0.29) is 42.3 Å². The second kappa shape index (κ2) is 8.98. The molecule has 0 spiro atoms. The Kier molecular flexibility index (Phi) is 8.51. The van der Waals surface area contributed by atoms with E-state index >= 15 is 0 Å². The number of aliphatic imine (C=N–C) groups is 1. The van der Waals surface area contributed by atoms with Crippen molar-refractivity contribution in [2.24, 2.45) is 4.99 Å². The van der Waals surface area contributed by atoms with E-state index in [0.717, 1.165) is 5.56 Å². The van der Waals surface area contributed by atoms with Crippen LogP contribution >= 0.6 is 24.0 Å². The van der Waals surface area contributed by atoms with E-state index in [0.29, 0.717) is 6.54 Å². The van der Waals surface area contributed by atoms with Gasteiger partial charge >= 0.3 is 6.18 Å². The average molecular weight is 405 g/mol. The third-order valence-corrected chi connectivity index (χ3v) is 2.30. The van der Waals surface area contributed by atoms with E-state index in [9.17, 15) is 17.6 Å². The molecule has 114 valence electrons. The van der Waals surface area contributed by atoms with Crippen molar-refractivity contribution in [1.82, 2.24) is 10.6 Å². The van der Waals surface area contributed by atoms with Gasteiger partial charge in [-0.2, -0.15) is 13.2 Å². The summed E-state index contributed by atoms with van der Waals surface area (Å²) < 4.78 is 48.6. The van der Waals surface area contributed by atoms with Crippen LogP contribution in [0.25, 0.3) is 0 Å². The topological polar surface area (TPSA) is 36.4 Å². The molecule has 0 bridgehead atoms. The van der Waals surface area contributed by atoms with E-state index < -0.39 is 12.6 Å². The summed E-state index contributed by atoms with van der Waals surface area (Å²) in [6.07, 6.45) is -5.12. The number of guanidine groups is 1. The number of hydrogen-bond donors (Lipinski definition) is 2. The van der Waals surface area contributed by atoms with Crippen LogP contribution in [0.3, 0.4) is 0 Å². The average Bonchev–Trinajstić information content (AvgIpc) is 2.34. The summed E-state index contributed by atoms with van der Waals surface area (Å²) in [4.78, 5) is 3.79. The lowest BCUT2D eigenvalue weighted by molar-refractivity contribution is -0.132. The number of nitrogens with zero attached hydrogens (tertiary/aromatic N) is 1. The largest absolute Gasteiger partial charge is 0.390 e. The fourth-order valence-corrected chi connectivity index (χ4v) is 1.33. The maximum Gasteiger partial charge on any atom is 0.390 e. The Balaban J connectivity index is 0.00000361. The van der Waals surface area contributed by atoms with Crippen molar-refractivity contribution in [2.45, 2.75) is 19.1 Å². The van der Waals surface area contributed by atoms with Crippen LogP contribution in [0.5, 0.6) is 0 Å². The molecule has 3 nitrogen and oxygen atoms in total. The van der Waals surface area contributed by atoms with Crippen LogP contribution in [0, 0.1) is 5.82 Å². The van der Waals surface area contributed by atoms with Crippen molar-refractivity contribution in [1.29, 1.82) is 0 Å². The van der Waals surface area contributed by atoms with Crippen molar-refractivity contribution in [3.05, 3.63) is 35.6 Å². The number of benzene rings is 1. The molecule has 0 aliphatic heterocycles. The summed E-state index contributed by atoms with van der Waals surface area (Å²) in [5, 5.41) is 5.39. The molecule has 0 heterocycles. The van der Waals surface area contributed by atoms with Crippen LogP contribution in [0.1, 0.15) is 12.0 Å². The third-order valence-electron chi connectivity index (χ3n) is 2.30. The third kappa shape index (κ3) is 8.18. The van der Waals surface area contributed by atoms with Gasteiger partial charge in [-0.1, -0.05) is 12.1 Å². The van der Waals surface area contributed by atoms with Gasteiger partial charge in [-0.3, -0.25) is 4.99 Å². The van der Waals surface area contributed by atoms with Crippen molar-refractivity contribution >= 4 is 29.9 Å². The zero-order chi connectivity index (χ0) is 14.3. The molecule has 2 N–H and O–H groups in total. The summed E-state index contributed by atoms with van der Waals surface area (Å²) in [6.45, 7) is 0.110. The van der Waals surface area contributed by atoms with Crippen LogP contribution in [0.15, 0.2) is 29.3 Å². The molecule has 0 saturated heterocycles. The molecule has 1 rings (SSSR count). The summed E-state index contributed by atoms with van der Waals surface area (Å²) in [5.41, 5.74) is 0.806. The smallest absolute Gasteiger partial charge is 0.356 e. The fourth-order valence-electron chi connectivity index (χ4n) is 1.33. The van der Waals surface area contributed by atoms with Crippen LogP contribution in [-0.2, 0) is 6.54 Å². The van der Waals surface area contributed by atoms with E-state index in [1.54, 1.807) is 12.1 Å². The molecule has 20 heavy (non-hydrogen) atoms. The van der Waals surface area contributed by atoms with Gasteiger partial charge in [0.15, 0.2) is 5.96 Å². The molecule has 0 amide bonds. The standard InChI is InChI=1S/C12H15F4N3.HI/c1-17-11(18-7-6-12(14,15)16)19-8-9-2-4-10(13)5-3-9;/h2-5H,6-8H2,1H3,(H2,17,18,19);1H. The van der Waals surface area contributed by atoms with Crippen LogP contribution < -0.4 is 10.6 Å². The quantitative estimate of drug-likeness (QED) is 0.350. The maximum atomic E-state index is 12.7. The minimum atomic E-state index is -4.19. The lowest BCUT2D eigenvalue weighted by Crippen LogP contribution is -2.38. The van der Waals surface area contributed by atoms with Crippen LogP contribution in [0.2, 0.25) is 0 Å². The zero-order valence-electron chi connectivity index (χ0n) is 10.8. The number of rotatable bonds is 4. The predicted molar refractivity (Wildman–Crippen MR) is 80.7 cm³/mol. The summed E-state index contributed by atoms with van der Waals surface area (Å²) in [6, 6.07) is 5.81. The first-order valence-corrected chi connectivity index (χ1v) is 5.66. The van der Waals surface area contributed by atoms with Crippen molar-refractivity contribution in [3.63, 3.8) is 0 Å². The second-order valence-electron chi connectivity index (χ2n) is 3.84. The normalized spacial score (nSPS) is 11.8. The Morgan fingerprint density at radius 3 is 2.25 bits per heavy atom. The molecule has 8 heteroatoms. The monoisotopic (exact) mass is 405 g/mol. The molecule has 1 aromatic carbocycles. The Morgan fingerprint density at radius 2 is 1.75 bits per heavy atom. The number of alkyl halides is 3. The number of halogens is 5. The van der Waals surface area contributed by atoms with Gasteiger partial charge in [0.2, 0.25) is 0 Å². The highest BCUT2D eigenvalue weighted by Crippen LogP contribution is 2.17. The van der Waals surface area contributed by atoms with E-state index in [1.165, 1.54) is 19.2 Å². The lowest BCUT2D eigenvalue weighted by atomic mass is 10.2. The van der Waals surface area contributed by atoms with Gasteiger partial charge in [-0.15, -0.1) is 24.0 Å². The Hall–Kier alpha value is -1.06. The first-order valence-electron chi connectivity index (χ1n) is 5.66. The predicted octanol–water partition coefficient (Wildman–Crippen LogP) is 3.06. The molecule has 0 atom stereocenters. The fraction of sp³-hybridized carbons (Fsp3) is 0.417. The van der Waals surface area contributed by atoms with Crippen LogP contribution in [0.4, 0.5) is 17.6 Å². The van der Waals surface area contributed by atoms with Crippen molar-refractivity contribution in [2.75, 3.05) is 13.6 Å². The first-order chi connectivity index (χ1) is 8.90. The summed E-state index contributed by atoms with van der Waals surface area (Å²) in [5.74, 6) is -0.0648. The van der Waals surface area contributed by atoms with Gasteiger partial charge in [-0.05, 0) is 17.7 Å². The molecular formula is C12H16F4IN3. The minimum Gasteiger partial charge on any atom is -0.356 e. The van der Waals surface area contributed by atoms with E-state index in [1.807, 2.05) is 0 Å². The number of hydrogen-bond acceptors (Lipinski definition) is 1. The Morgan fingerprint density at radius 1 is 1.15 bits per heavy atom. The molecule has 1 aromatic rings. The lowest BCUT2D eigenvalue weighted by Gasteiger charge is -2.12. The highest BCUT2D eigenvalue weighted by atomic mass is 127. The summed E-state index contributed by atoms with van der Waals surface area (Å²) >= 11 is 0. The molecule has 0 radical (unpaired) electrons.